The molecule has 0 fully saturated rings. The fourth-order valence-electron chi connectivity index (χ4n) is 2.12. The van der Waals surface area contributed by atoms with Crippen molar-refractivity contribution >= 4 is 5.84 Å². The van der Waals surface area contributed by atoms with Crippen LogP contribution in [0.3, 0.4) is 0 Å². The molecule has 0 spiro atoms. The van der Waals surface area contributed by atoms with Crippen LogP contribution in [-0.4, -0.2) is 27.8 Å². The molecule has 0 saturated carbocycles. The first-order valence-electron chi connectivity index (χ1n) is 6.63. The lowest BCUT2D eigenvalue weighted by molar-refractivity contribution is 0.421. The van der Waals surface area contributed by atoms with Gasteiger partial charge in [-0.15, -0.1) is 0 Å². The van der Waals surface area contributed by atoms with Crippen molar-refractivity contribution in [1.82, 2.24) is 14.9 Å². The predicted molar refractivity (Wildman–Crippen MR) is 79.9 cm³/mol. The zero-order chi connectivity index (χ0) is 15.5. The minimum Gasteiger partial charge on any atom is -0.382 e. The molecule has 0 aliphatic carbocycles. The van der Waals surface area contributed by atoms with Crippen molar-refractivity contribution in [2.45, 2.75) is 6.54 Å². The molecule has 2 aromatic heterocycles. The van der Waals surface area contributed by atoms with Crippen molar-refractivity contribution in [2.75, 3.05) is 7.05 Å². The summed E-state index contributed by atoms with van der Waals surface area (Å²) >= 11 is 0. The molecular formula is C15H14FN5O. The Morgan fingerprint density at radius 3 is 2.86 bits per heavy atom. The van der Waals surface area contributed by atoms with Crippen LogP contribution in [0, 0.1) is 5.82 Å². The SMILES string of the molecule is CN=C(N)c1cc(-c2ccon2)n(Cc2ccccc2F)n1. The third-order valence-electron chi connectivity index (χ3n) is 3.26. The molecule has 22 heavy (non-hydrogen) atoms. The van der Waals surface area contributed by atoms with Gasteiger partial charge in [-0.05, 0) is 12.1 Å². The lowest BCUT2D eigenvalue weighted by Crippen LogP contribution is -2.14. The fourth-order valence-corrected chi connectivity index (χ4v) is 2.12. The molecule has 0 radical (unpaired) electrons. The Kier molecular flexibility index (Phi) is 3.69. The van der Waals surface area contributed by atoms with E-state index in [1.54, 1.807) is 42.1 Å². The van der Waals surface area contributed by atoms with E-state index in [1.165, 1.54) is 12.3 Å². The van der Waals surface area contributed by atoms with Crippen molar-refractivity contribution < 1.29 is 8.91 Å². The Hall–Kier alpha value is -2.96. The minimum absolute atomic E-state index is 0.256. The summed E-state index contributed by atoms with van der Waals surface area (Å²) in [4.78, 5) is 3.92. The number of hydrogen-bond donors (Lipinski definition) is 1. The molecule has 1 aromatic carbocycles. The van der Waals surface area contributed by atoms with E-state index in [-0.39, 0.29) is 12.4 Å². The summed E-state index contributed by atoms with van der Waals surface area (Å²) < 4.78 is 20.4. The highest BCUT2D eigenvalue weighted by Gasteiger charge is 2.15. The predicted octanol–water partition coefficient (Wildman–Crippen LogP) is 2.06. The first-order valence-corrected chi connectivity index (χ1v) is 6.63. The van der Waals surface area contributed by atoms with E-state index in [0.29, 0.717) is 28.5 Å². The van der Waals surface area contributed by atoms with E-state index in [4.69, 9.17) is 10.3 Å². The summed E-state index contributed by atoms with van der Waals surface area (Å²) in [6.07, 6.45) is 1.46. The quantitative estimate of drug-likeness (QED) is 0.590. The summed E-state index contributed by atoms with van der Waals surface area (Å²) in [6.45, 7) is 0.256. The van der Waals surface area contributed by atoms with E-state index >= 15 is 0 Å². The topological polar surface area (TPSA) is 82.2 Å². The molecule has 2 N–H and O–H groups in total. The number of rotatable bonds is 4. The molecule has 7 heteroatoms. The van der Waals surface area contributed by atoms with E-state index in [9.17, 15) is 4.39 Å². The largest absolute Gasteiger partial charge is 0.382 e. The van der Waals surface area contributed by atoms with Crippen molar-refractivity contribution in [2.24, 2.45) is 10.7 Å². The number of aromatic nitrogens is 3. The van der Waals surface area contributed by atoms with Gasteiger partial charge in [0, 0.05) is 18.7 Å². The molecule has 3 rings (SSSR count). The van der Waals surface area contributed by atoms with Crippen LogP contribution in [0.5, 0.6) is 0 Å². The van der Waals surface area contributed by atoms with Crippen LogP contribution >= 0.6 is 0 Å². The van der Waals surface area contributed by atoms with Gasteiger partial charge in [0.2, 0.25) is 0 Å². The van der Waals surface area contributed by atoms with Crippen LogP contribution in [0.2, 0.25) is 0 Å². The molecule has 112 valence electrons. The van der Waals surface area contributed by atoms with Crippen LogP contribution in [0.15, 0.2) is 52.2 Å². The van der Waals surface area contributed by atoms with E-state index in [0.717, 1.165) is 0 Å². The molecule has 0 atom stereocenters. The zero-order valence-corrected chi connectivity index (χ0v) is 11.9. The summed E-state index contributed by atoms with van der Waals surface area (Å²) in [6, 6.07) is 10.0. The standard InChI is InChI=1S/C15H14FN5O/c1-18-15(17)13-8-14(12-6-7-22-20-12)21(19-13)9-10-4-2-3-5-11(10)16/h2-8H,9H2,1H3,(H2,17,18). The van der Waals surface area contributed by atoms with E-state index < -0.39 is 0 Å². The first-order chi connectivity index (χ1) is 10.7. The Balaban J connectivity index is 2.06. The Morgan fingerprint density at radius 2 is 2.18 bits per heavy atom. The molecule has 2 heterocycles. The first kappa shape index (κ1) is 14.0. The second-order valence-electron chi connectivity index (χ2n) is 4.66. The van der Waals surface area contributed by atoms with Gasteiger partial charge in [0.1, 0.15) is 29.3 Å². The maximum absolute atomic E-state index is 13.9. The molecular weight excluding hydrogens is 285 g/mol. The van der Waals surface area contributed by atoms with Crippen LogP contribution in [0.25, 0.3) is 11.4 Å². The van der Waals surface area contributed by atoms with Gasteiger partial charge < -0.3 is 10.3 Å². The van der Waals surface area contributed by atoms with Gasteiger partial charge >= 0.3 is 0 Å². The monoisotopic (exact) mass is 299 g/mol. The highest BCUT2D eigenvalue weighted by Crippen LogP contribution is 2.20. The van der Waals surface area contributed by atoms with Gasteiger partial charge in [0.25, 0.3) is 0 Å². The molecule has 0 aliphatic rings. The fraction of sp³-hybridized carbons (Fsp3) is 0.133. The van der Waals surface area contributed by atoms with Gasteiger partial charge in [0.15, 0.2) is 0 Å². The lowest BCUT2D eigenvalue weighted by atomic mass is 10.2. The molecule has 0 bridgehead atoms. The van der Waals surface area contributed by atoms with Gasteiger partial charge in [0.05, 0.1) is 12.2 Å². The van der Waals surface area contributed by atoms with Gasteiger partial charge in [-0.25, -0.2) is 4.39 Å². The third kappa shape index (κ3) is 2.60. The zero-order valence-electron chi connectivity index (χ0n) is 11.9. The summed E-state index contributed by atoms with van der Waals surface area (Å²) in [5.41, 5.74) is 8.12. The van der Waals surface area contributed by atoms with Crippen LogP contribution in [-0.2, 0) is 6.54 Å². The molecule has 0 amide bonds. The molecule has 3 aromatic rings. The maximum Gasteiger partial charge on any atom is 0.146 e. The normalized spacial score (nSPS) is 11.8. The number of amidine groups is 1. The van der Waals surface area contributed by atoms with Crippen LogP contribution < -0.4 is 5.73 Å². The van der Waals surface area contributed by atoms with Gasteiger partial charge in [-0.3, -0.25) is 9.67 Å². The number of nitrogens with zero attached hydrogens (tertiary/aromatic N) is 4. The number of halogens is 1. The van der Waals surface area contributed by atoms with Crippen LogP contribution in [0.4, 0.5) is 4.39 Å². The Bertz CT molecular complexity index is 807. The highest BCUT2D eigenvalue weighted by molar-refractivity contribution is 5.96. The second kappa shape index (κ2) is 5.80. The van der Waals surface area contributed by atoms with Gasteiger partial charge in [-0.1, -0.05) is 23.4 Å². The summed E-state index contributed by atoms with van der Waals surface area (Å²) in [7, 11) is 1.58. The van der Waals surface area contributed by atoms with Crippen LogP contribution in [0.1, 0.15) is 11.3 Å². The van der Waals surface area contributed by atoms with Crippen molar-refractivity contribution in [3.63, 3.8) is 0 Å². The highest BCUT2D eigenvalue weighted by atomic mass is 19.1. The molecule has 0 unspecified atom stereocenters. The average Bonchev–Trinajstić information content (AvgIpc) is 3.18. The Morgan fingerprint density at radius 1 is 1.36 bits per heavy atom. The molecule has 6 nitrogen and oxygen atoms in total. The van der Waals surface area contributed by atoms with Crippen molar-refractivity contribution in [3.05, 3.63) is 59.7 Å². The number of nitrogens with two attached hydrogens (primary N) is 1. The number of benzene rings is 1. The summed E-state index contributed by atoms with van der Waals surface area (Å²) in [5.74, 6) is 0.0137. The van der Waals surface area contributed by atoms with E-state index in [2.05, 4.69) is 15.2 Å². The number of aliphatic imine (C=N–C) groups is 1. The Labute approximate surface area is 126 Å². The summed E-state index contributed by atoms with van der Waals surface area (Å²) in [5, 5.41) is 8.29. The minimum atomic E-state index is -0.289. The third-order valence-corrected chi connectivity index (χ3v) is 3.26. The average molecular weight is 299 g/mol. The van der Waals surface area contributed by atoms with Crippen molar-refractivity contribution in [3.8, 4) is 11.4 Å². The maximum atomic E-state index is 13.9. The molecule has 0 saturated heterocycles. The van der Waals surface area contributed by atoms with Crippen molar-refractivity contribution in [1.29, 1.82) is 0 Å². The smallest absolute Gasteiger partial charge is 0.146 e. The van der Waals surface area contributed by atoms with Gasteiger partial charge in [-0.2, -0.15) is 5.10 Å². The number of hydrogen-bond acceptors (Lipinski definition) is 4. The molecule has 0 aliphatic heterocycles. The second-order valence-corrected chi connectivity index (χ2v) is 4.66. The van der Waals surface area contributed by atoms with E-state index in [1.807, 2.05) is 0 Å². The lowest BCUT2D eigenvalue weighted by Gasteiger charge is -2.06.